The van der Waals surface area contributed by atoms with E-state index in [2.05, 4.69) is 11.4 Å². The fraction of sp³-hybridized carbons (Fsp3) is 0.200. The molecule has 2 aromatic carbocycles. The molecule has 0 aromatic heterocycles. The molecule has 3 heteroatoms. The number of ether oxygens (including phenoxy) is 1. The Labute approximate surface area is 107 Å². The van der Waals surface area contributed by atoms with Crippen LogP contribution in [-0.4, -0.2) is 12.2 Å². The number of aromatic hydroxyl groups is 1. The van der Waals surface area contributed by atoms with Gasteiger partial charge in [-0.3, -0.25) is 0 Å². The molecule has 0 amide bonds. The topological polar surface area (TPSA) is 41.5 Å². The summed E-state index contributed by atoms with van der Waals surface area (Å²) in [6, 6.07) is 15.4. The molecule has 0 bridgehead atoms. The van der Waals surface area contributed by atoms with E-state index in [0.29, 0.717) is 18.9 Å². The second-order valence-corrected chi connectivity index (χ2v) is 4.16. The van der Waals surface area contributed by atoms with Gasteiger partial charge in [0.05, 0.1) is 6.61 Å². The molecule has 0 fully saturated rings. The molecule has 0 aliphatic heterocycles. The Balaban J connectivity index is 1.99. The lowest BCUT2D eigenvalue weighted by molar-refractivity contribution is 0.185. The van der Waals surface area contributed by atoms with Crippen LogP contribution in [0.4, 0.5) is 5.69 Å². The lowest BCUT2D eigenvalue weighted by Crippen LogP contribution is -1.99. The first-order valence-corrected chi connectivity index (χ1v) is 5.87. The molecule has 0 aliphatic carbocycles. The third-order valence-electron chi connectivity index (χ3n) is 2.65. The van der Waals surface area contributed by atoms with Crippen LogP contribution in [0.1, 0.15) is 11.1 Å². The molecule has 0 heterocycles. The predicted octanol–water partition coefficient (Wildman–Crippen LogP) is 3.15. The van der Waals surface area contributed by atoms with E-state index in [9.17, 15) is 5.11 Å². The number of nitrogens with one attached hydrogen (secondary N) is 1. The lowest BCUT2D eigenvalue weighted by Gasteiger charge is -2.08. The van der Waals surface area contributed by atoms with Gasteiger partial charge >= 0.3 is 0 Å². The highest BCUT2D eigenvalue weighted by atomic mass is 16.5. The highest BCUT2D eigenvalue weighted by molar-refractivity contribution is 5.46. The molecule has 3 nitrogen and oxygen atoms in total. The zero-order valence-corrected chi connectivity index (χ0v) is 10.4. The second kappa shape index (κ2) is 6.07. The monoisotopic (exact) mass is 243 g/mol. The summed E-state index contributed by atoms with van der Waals surface area (Å²) >= 11 is 0. The summed E-state index contributed by atoms with van der Waals surface area (Å²) in [5, 5.41) is 12.7. The number of hydrogen-bond acceptors (Lipinski definition) is 3. The summed E-state index contributed by atoms with van der Waals surface area (Å²) in [5.41, 5.74) is 3.23. The number of anilines is 1. The summed E-state index contributed by atoms with van der Waals surface area (Å²) in [6.07, 6.45) is 0. The highest BCUT2D eigenvalue weighted by Gasteiger charge is 1.97. The number of benzene rings is 2. The second-order valence-electron chi connectivity index (χ2n) is 4.16. The van der Waals surface area contributed by atoms with Gasteiger partial charge in [-0.25, -0.2) is 0 Å². The van der Waals surface area contributed by atoms with Crippen molar-refractivity contribution in [2.45, 2.75) is 13.2 Å². The van der Waals surface area contributed by atoms with E-state index in [0.717, 1.165) is 16.8 Å². The zero-order valence-electron chi connectivity index (χ0n) is 10.4. The van der Waals surface area contributed by atoms with Gasteiger partial charge in [0.1, 0.15) is 5.75 Å². The van der Waals surface area contributed by atoms with Crippen LogP contribution in [0.25, 0.3) is 0 Å². The molecule has 2 rings (SSSR count). The van der Waals surface area contributed by atoms with Gasteiger partial charge in [-0.15, -0.1) is 0 Å². The van der Waals surface area contributed by atoms with Crippen molar-refractivity contribution in [3.05, 3.63) is 59.7 Å². The molecule has 0 saturated heterocycles. The van der Waals surface area contributed by atoms with Crippen LogP contribution in [-0.2, 0) is 17.9 Å². The van der Waals surface area contributed by atoms with Crippen molar-refractivity contribution < 1.29 is 9.84 Å². The van der Waals surface area contributed by atoms with Crippen molar-refractivity contribution in [1.29, 1.82) is 0 Å². The Kier molecular flexibility index (Phi) is 4.20. The summed E-state index contributed by atoms with van der Waals surface area (Å²) < 4.78 is 5.10. The Morgan fingerprint density at radius 3 is 2.61 bits per heavy atom. The van der Waals surface area contributed by atoms with Crippen molar-refractivity contribution in [3.8, 4) is 5.75 Å². The minimum Gasteiger partial charge on any atom is -0.508 e. The summed E-state index contributed by atoms with van der Waals surface area (Å²) in [7, 11) is 1.69. The molecule has 18 heavy (non-hydrogen) atoms. The third kappa shape index (κ3) is 3.50. The van der Waals surface area contributed by atoms with Gasteiger partial charge in [-0.05, 0) is 35.4 Å². The van der Waals surface area contributed by atoms with E-state index in [1.165, 1.54) is 0 Å². The van der Waals surface area contributed by atoms with Crippen LogP contribution in [0.5, 0.6) is 5.75 Å². The number of hydrogen-bond donors (Lipinski definition) is 2. The fourth-order valence-corrected chi connectivity index (χ4v) is 1.81. The normalized spacial score (nSPS) is 10.3. The first kappa shape index (κ1) is 12.5. The van der Waals surface area contributed by atoms with Gasteiger partial charge in [0, 0.05) is 19.3 Å². The average Bonchev–Trinajstić information content (AvgIpc) is 2.37. The van der Waals surface area contributed by atoms with E-state index >= 15 is 0 Å². The quantitative estimate of drug-likeness (QED) is 0.847. The fourth-order valence-electron chi connectivity index (χ4n) is 1.81. The molecular formula is C15H17NO2. The lowest BCUT2D eigenvalue weighted by atomic mass is 10.2. The molecular weight excluding hydrogens is 226 g/mol. The molecule has 2 aromatic rings. The Morgan fingerprint density at radius 2 is 1.83 bits per heavy atom. The maximum Gasteiger partial charge on any atom is 0.115 e. The van der Waals surface area contributed by atoms with Gasteiger partial charge in [-0.1, -0.05) is 24.3 Å². The van der Waals surface area contributed by atoms with Gasteiger partial charge in [0.25, 0.3) is 0 Å². The molecule has 0 radical (unpaired) electrons. The maximum atomic E-state index is 9.38. The largest absolute Gasteiger partial charge is 0.508 e. The molecule has 2 N–H and O–H groups in total. The van der Waals surface area contributed by atoms with E-state index < -0.39 is 0 Å². The van der Waals surface area contributed by atoms with E-state index in [1.54, 1.807) is 19.2 Å². The van der Waals surface area contributed by atoms with Crippen LogP contribution in [0.2, 0.25) is 0 Å². The Morgan fingerprint density at radius 1 is 1.06 bits per heavy atom. The van der Waals surface area contributed by atoms with Gasteiger partial charge in [0.15, 0.2) is 0 Å². The van der Waals surface area contributed by atoms with Crippen molar-refractivity contribution in [1.82, 2.24) is 0 Å². The number of rotatable bonds is 5. The predicted molar refractivity (Wildman–Crippen MR) is 72.6 cm³/mol. The van der Waals surface area contributed by atoms with Crippen molar-refractivity contribution in [2.75, 3.05) is 12.4 Å². The van der Waals surface area contributed by atoms with Gasteiger partial charge in [0.2, 0.25) is 0 Å². The van der Waals surface area contributed by atoms with E-state index in [1.807, 2.05) is 30.3 Å². The molecule has 0 unspecified atom stereocenters. The number of methoxy groups -OCH3 is 1. The SMILES string of the molecule is COCc1cccc(NCc2cccc(O)c2)c1. The van der Waals surface area contributed by atoms with Crippen molar-refractivity contribution in [3.63, 3.8) is 0 Å². The van der Waals surface area contributed by atoms with Crippen molar-refractivity contribution >= 4 is 5.69 Å². The average molecular weight is 243 g/mol. The first-order valence-electron chi connectivity index (χ1n) is 5.87. The Hall–Kier alpha value is -2.00. The van der Waals surface area contributed by atoms with Crippen LogP contribution < -0.4 is 5.32 Å². The van der Waals surface area contributed by atoms with Crippen LogP contribution in [0.15, 0.2) is 48.5 Å². The molecule has 0 atom stereocenters. The van der Waals surface area contributed by atoms with E-state index in [4.69, 9.17) is 4.74 Å². The number of phenolic OH excluding ortho intramolecular Hbond substituents is 1. The Bertz CT molecular complexity index is 511. The standard InChI is InChI=1S/C15H17NO2/c1-18-11-13-5-2-6-14(8-13)16-10-12-4-3-7-15(17)9-12/h2-9,16-17H,10-11H2,1H3. The first-order chi connectivity index (χ1) is 8.78. The molecule has 0 saturated carbocycles. The minimum atomic E-state index is 0.294. The summed E-state index contributed by atoms with van der Waals surface area (Å²) in [5.74, 6) is 0.294. The highest BCUT2D eigenvalue weighted by Crippen LogP contribution is 2.15. The summed E-state index contributed by atoms with van der Waals surface area (Å²) in [4.78, 5) is 0. The van der Waals surface area contributed by atoms with Crippen LogP contribution in [0, 0.1) is 0 Å². The minimum absolute atomic E-state index is 0.294. The van der Waals surface area contributed by atoms with Gasteiger partial charge in [-0.2, -0.15) is 0 Å². The smallest absolute Gasteiger partial charge is 0.115 e. The van der Waals surface area contributed by atoms with Crippen molar-refractivity contribution in [2.24, 2.45) is 0 Å². The molecule has 94 valence electrons. The van der Waals surface area contributed by atoms with E-state index in [-0.39, 0.29) is 0 Å². The maximum absolute atomic E-state index is 9.38. The third-order valence-corrected chi connectivity index (χ3v) is 2.65. The zero-order chi connectivity index (χ0) is 12.8. The summed E-state index contributed by atoms with van der Waals surface area (Å²) in [6.45, 7) is 1.30. The molecule has 0 spiro atoms. The molecule has 0 aliphatic rings. The number of phenols is 1. The van der Waals surface area contributed by atoms with Gasteiger partial charge < -0.3 is 15.2 Å². The van der Waals surface area contributed by atoms with Crippen LogP contribution in [0.3, 0.4) is 0 Å². The van der Waals surface area contributed by atoms with Crippen LogP contribution >= 0.6 is 0 Å².